The van der Waals surface area contributed by atoms with Crippen molar-refractivity contribution >= 4 is 5.69 Å². The number of anilines is 1. The molecule has 0 radical (unpaired) electrons. The molecule has 0 fully saturated rings. The smallest absolute Gasteiger partial charge is 0.0402 e. The van der Waals surface area contributed by atoms with Gasteiger partial charge in [-0.2, -0.15) is 0 Å². The molecule has 1 heterocycles. The predicted molar refractivity (Wildman–Crippen MR) is 84.0 cm³/mol. The van der Waals surface area contributed by atoms with Crippen molar-refractivity contribution in [3.05, 3.63) is 29.8 Å². The van der Waals surface area contributed by atoms with Gasteiger partial charge in [-0.25, -0.2) is 0 Å². The fraction of sp³-hybridized carbons (Fsp3) is 0.647. The van der Waals surface area contributed by atoms with Crippen LogP contribution in [0.4, 0.5) is 5.69 Å². The molecule has 1 aromatic rings. The first kappa shape index (κ1) is 14.4. The topological polar surface area (TPSA) is 15.3 Å². The van der Waals surface area contributed by atoms with Crippen molar-refractivity contribution in [2.45, 2.75) is 52.0 Å². The van der Waals surface area contributed by atoms with Crippen LogP contribution in [0.2, 0.25) is 0 Å². The van der Waals surface area contributed by atoms with E-state index >= 15 is 0 Å². The Morgan fingerprint density at radius 1 is 1.16 bits per heavy atom. The first-order valence-corrected chi connectivity index (χ1v) is 7.88. The standard InChI is InChI=1S/C17H28N2/c1-3-11-18-12-7-4-8-13-19-15(2)14-16-9-5-6-10-17(16)19/h5-6,9-10,15,18H,3-4,7-8,11-14H2,1-2H3. The highest BCUT2D eigenvalue weighted by Crippen LogP contribution is 2.31. The van der Waals surface area contributed by atoms with Gasteiger partial charge in [-0.15, -0.1) is 0 Å². The lowest BCUT2D eigenvalue weighted by Crippen LogP contribution is -2.30. The molecule has 1 unspecified atom stereocenters. The number of benzene rings is 1. The number of para-hydroxylation sites is 1. The van der Waals surface area contributed by atoms with Crippen LogP contribution in [0.3, 0.4) is 0 Å². The Morgan fingerprint density at radius 2 is 2.00 bits per heavy atom. The summed E-state index contributed by atoms with van der Waals surface area (Å²) < 4.78 is 0. The Labute approximate surface area is 118 Å². The summed E-state index contributed by atoms with van der Waals surface area (Å²) in [6.45, 7) is 8.13. The van der Waals surface area contributed by atoms with Gasteiger partial charge in [-0.1, -0.05) is 31.5 Å². The SMILES string of the molecule is CCCNCCCCCN1c2ccccc2CC1C. The third-order valence-electron chi connectivity index (χ3n) is 4.03. The second-order valence-electron chi connectivity index (χ2n) is 5.69. The molecule has 0 aromatic heterocycles. The van der Waals surface area contributed by atoms with Crippen LogP contribution < -0.4 is 10.2 Å². The molecule has 0 aliphatic carbocycles. The molecule has 1 aliphatic heterocycles. The van der Waals surface area contributed by atoms with Crippen LogP contribution in [-0.2, 0) is 6.42 Å². The maximum Gasteiger partial charge on any atom is 0.0402 e. The predicted octanol–water partition coefficient (Wildman–Crippen LogP) is 3.61. The highest BCUT2D eigenvalue weighted by Gasteiger charge is 2.24. The molecule has 2 nitrogen and oxygen atoms in total. The van der Waals surface area contributed by atoms with Crippen molar-refractivity contribution < 1.29 is 0 Å². The van der Waals surface area contributed by atoms with Crippen molar-refractivity contribution in [1.82, 2.24) is 5.32 Å². The molecule has 19 heavy (non-hydrogen) atoms. The second-order valence-corrected chi connectivity index (χ2v) is 5.69. The molecule has 0 amide bonds. The summed E-state index contributed by atoms with van der Waals surface area (Å²) in [5, 5.41) is 3.47. The molecule has 1 N–H and O–H groups in total. The lowest BCUT2D eigenvalue weighted by atomic mass is 10.1. The van der Waals surface area contributed by atoms with E-state index in [2.05, 4.69) is 48.3 Å². The molecule has 2 heteroatoms. The second kappa shape index (κ2) is 7.54. The van der Waals surface area contributed by atoms with Crippen molar-refractivity contribution in [1.29, 1.82) is 0 Å². The van der Waals surface area contributed by atoms with E-state index < -0.39 is 0 Å². The number of nitrogens with zero attached hydrogens (tertiary/aromatic N) is 1. The van der Waals surface area contributed by atoms with Gasteiger partial charge >= 0.3 is 0 Å². The summed E-state index contributed by atoms with van der Waals surface area (Å²) in [6, 6.07) is 9.56. The number of nitrogens with one attached hydrogen (secondary N) is 1. The van der Waals surface area contributed by atoms with Gasteiger partial charge in [0.15, 0.2) is 0 Å². The number of fused-ring (bicyclic) bond motifs is 1. The Kier molecular flexibility index (Phi) is 5.71. The van der Waals surface area contributed by atoms with Crippen molar-refractivity contribution in [3.63, 3.8) is 0 Å². The van der Waals surface area contributed by atoms with E-state index in [-0.39, 0.29) is 0 Å². The molecular formula is C17H28N2. The minimum Gasteiger partial charge on any atom is -0.368 e. The molecule has 1 aromatic carbocycles. The number of hydrogen-bond acceptors (Lipinski definition) is 2. The largest absolute Gasteiger partial charge is 0.368 e. The lowest BCUT2D eigenvalue weighted by Gasteiger charge is -2.24. The van der Waals surface area contributed by atoms with Crippen LogP contribution in [0.25, 0.3) is 0 Å². The molecule has 106 valence electrons. The average molecular weight is 260 g/mol. The van der Waals surface area contributed by atoms with Gasteiger partial charge in [0.2, 0.25) is 0 Å². The fourth-order valence-corrected chi connectivity index (χ4v) is 2.98. The maximum atomic E-state index is 3.47. The molecule has 2 rings (SSSR count). The minimum atomic E-state index is 0.676. The van der Waals surface area contributed by atoms with E-state index in [1.54, 1.807) is 0 Å². The van der Waals surface area contributed by atoms with Crippen molar-refractivity contribution in [3.8, 4) is 0 Å². The van der Waals surface area contributed by atoms with Gasteiger partial charge in [0.05, 0.1) is 0 Å². The number of unbranched alkanes of at least 4 members (excludes halogenated alkanes) is 2. The Bertz CT molecular complexity index is 375. The highest BCUT2D eigenvalue weighted by atomic mass is 15.2. The minimum absolute atomic E-state index is 0.676. The molecule has 1 aliphatic rings. The Hall–Kier alpha value is -1.02. The quantitative estimate of drug-likeness (QED) is 0.718. The molecule has 0 saturated carbocycles. The van der Waals surface area contributed by atoms with Crippen LogP contribution >= 0.6 is 0 Å². The van der Waals surface area contributed by atoms with E-state index in [0.29, 0.717) is 6.04 Å². The molecule has 1 atom stereocenters. The summed E-state index contributed by atoms with van der Waals surface area (Å²) in [6.07, 6.45) is 6.41. The third kappa shape index (κ3) is 3.97. The molecular weight excluding hydrogens is 232 g/mol. The van der Waals surface area contributed by atoms with Crippen LogP contribution in [0.5, 0.6) is 0 Å². The van der Waals surface area contributed by atoms with Crippen molar-refractivity contribution in [2.24, 2.45) is 0 Å². The fourth-order valence-electron chi connectivity index (χ4n) is 2.98. The number of hydrogen-bond donors (Lipinski definition) is 1. The van der Waals surface area contributed by atoms with E-state index in [1.165, 1.54) is 56.4 Å². The summed E-state index contributed by atoms with van der Waals surface area (Å²) in [7, 11) is 0. The third-order valence-corrected chi connectivity index (χ3v) is 4.03. The summed E-state index contributed by atoms with van der Waals surface area (Å²) >= 11 is 0. The Morgan fingerprint density at radius 3 is 2.84 bits per heavy atom. The van der Waals surface area contributed by atoms with E-state index in [1.807, 2.05) is 0 Å². The van der Waals surface area contributed by atoms with E-state index in [4.69, 9.17) is 0 Å². The zero-order valence-corrected chi connectivity index (χ0v) is 12.5. The van der Waals surface area contributed by atoms with Crippen LogP contribution in [0, 0.1) is 0 Å². The van der Waals surface area contributed by atoms with E-state index in [9.17, 15) is 0 Å². The summed E-state index contributed by atoms with van der Waals surface area (Å²) in [4.78, 5) is 2.59. The first-order chi connectivity index (χ1) is 9.33. The van der Waals surface area contributed by atoms with Crippen LogP contribution in [0.1, 0.15) is 45.1 Å². The van der Waals surface area contributed by atoms with Gasteiger partial charge in [0, 0.05) is 18.3 Å². The average Bonchev–Trinajstić information content (AvgIpc) is 2.74. The summed E-state index contributed by atoms with van der Waals surface area (Å²) in [5.41, 5.74) is 3.00. The van der Waals surface area contributed by atoms with Crippen LogP contribution in [0.15, 0.2) is 24.3 Å². The highest BCUT2D eigenvalue weighted by molar-refractivity contribution is 5.59. The van der Waals surface area contributed by atoms with Gasteiger partial charge in [0.25, 0.3) is 0 Å². The van der Waals surface area contributed by atoms with Gasteiger partial charge in [-0.05, 0) is 57.3 Å². The molecule has 0 saturated heterocycles. The van der Waals surface area contributed by atoms with Crippen LogP contribution in [-0.4, -0.2) is 25.7 Å². The molecule has 0 bridgehead atoms. The first-order valence-electron chi connectivity index (χ1n) is 7.88. The van der Waals surface area contributed by atoms with Gasteiger partial charge in [0.1, 0.15) is 0 Å². The number of rotatable bonds is 8. The van der Waals surface area contributed by atoms with E-state index in [0.717, 1.165) is 6.54 Å². The molecule has 0 spiro atoms. The lowest BCUT2D eigenvalue weighted by molar-refractivity contribution is 0.578. The zero-order valence-electron chi connectivity index (χ0n) is 12.5. The van der Waals surface area contributed by atoms with Gasteiger partial charge in [-0.3, -0.25) is 0 Å². The monoisotopic (exact) mass is 260 g/mol. The summed E-state index contributed by atoms with van der Waals surface area (Å²) in [5.74, 6) is 0. The Balaban J connectivity index is 1.69. The normalized spacial score (nSPS) is 17.8. The van der Waals surface area contributed by atoms with Crippen molar-refractivity contribution in [2.75, 3.05) is 24.5 Å². The van der Waals surface area contributed by atoms with Gasteiger partial charge < -0.3 is 10.2 Å². The zero-order chi connectivity index (χ0) is 13.5. The maximum absolute atomic E-state index is 3.47.